The SMILES string of the molecule is CCCNc1nc(Oc2cccnc2C)nc(N(C)C)n1. The molecular weight excluding hydrogens is 268 g/mol. The largest absolute Gasteiger partial charge is 0.422 e. The molecule has 2 rings (SSSR count). The third-order valence-corrected chi connectivity index (χ3v) is 2.70. The average molecular weight is 288 g/mol. The fourth-order valence-electron chi connectivity index (χ4n) is 1.58. The zero-order valence-corrected chi connectivity index (χ0v) is 12.8. The van der Waals surface area contributed by atoms with Crippen molar-refractivity contribution in [3.63, 3.8) is 0 Å². The maximum Gasteiger partial charge on any atom is 0.328 e. The Hall–Kier alpha value is -2.44. The van der Waals surface area contributed by atoms with E-state index in [1.165, 1.54) is 0 Å². The van der Waals surface area contributed by atoms with Crippen LogP contribution < -0.4 is 15.0 Å². The molecule has 0 saturated heterocycles. The highest BCUT2D eigenvalue weighted by Gasteiger charge is 2.11. The molecule has 0 aliphatic carbocycles. The van der Waals surface area contributed by atoms with Gasteiger partial charge in [-0.05, 0) is 25.5 Å². The summed E-state index contributed by atoms with van der Waals surface area (Å²) >= 11 is 0. The van der Waals surface area contributed by atoms with Gasteiger partial charge in [-0.2, -0.15) is 15.0 Å². The van der Waals surface area contributed by atoms with Crippen molar-refractivity contribution in [2.45, 2.75) is 20.3 Å². The van der Waals surface area contributed by atoms with Gasteiger partial charge < -0.3 is 15.0 Å². The number of hydrogen-bond donors (Lipinski definition) is 1. The van der Waals surface area contributed by atoms with E-state index < -0.39 is 0 Å². The lowest BCUT2D eigenvalue weighted by atomic mass is 10.3. The summed E-state index contributed by atoms with van der Waals surface area (Å²) in [5.41, 5.74) is 0.785. The topological polar surface area (TPSA) is 76.1 Å². The fourth-order valence-corrected chi connectivity index (χ4v) is 1.58. The van der Waals surface area contributed by atoms with Crippen LogP contribution in [-0.2, 0) is 0 Å². The first kappa shape index (κ1) is 15.0. The number of hydrogen-bond acceptors (Lipinski definition) is 7. The van der Waals surface area contributed by atoms with Crippen LogP contribution in [0.3, 0.4) is 0 Å². The zero-order chi connectivity index (χ0) is 15.2. The first-order valence-corrected chi connectivity index (χ1v) is 6.87. The van der Waals surface area contributed by atoms with E-state index >= 15 is 0 Å². The molecule has 112 valence electrons. The summed E-state index contributed by atoms with van der Waals surface area (Å²) in [5.74, 6) is 1.68. The molecule has 0 aliphatic rings. The molecule has 0 unspecified atom stereocenters. The first-order valence-electron chi connectivity index (χ1n) is 6.87. The van der Waals surface area contributed by atoms with Gasteiger partial charge >= 0.3 is 6.01 Å². The van der Waals surface area contributed by atoms with Gasteiger partial charge in [0.15, 0.2) is 5.75 Å². The van der Waals surface area contributed by atoms with Gasteiger partial charge in [-0.25, -0.2) is 0 Å². The maximum atomic E-state index is 5.73. The Bertz CT molecular complexity index is 602. The van der Waals surface area contributed by atoms with Gasteiger partial charge in [0.05, 0.1) is 5.69 Å². The minimum Gasteiger partial charge on any atom is -0.422 e. The number of ether oxygens (including phenoxy) is 1. The Morgan fingerprint density at radius 3 is 2.71 bits per heavy atom. The van der Waals surface area contributed by atoms with Gasteiger partial charge in [0, 0.05) is 26.8 Å². The molecular formula is C14H20N6O. The molecule has 1 N–H and O–H groups in total. The third-order valence-electron chi connectivity index (χ3n) is 2.70. The molecule has 0 aromatic carbocycles. The van der Waals surface area contributed by atoms with Crippen LogP contribution in [0.1, 0.15) is 19.0 Å². The van der Waals surface area contributed by atoms with E-state index in [9.17, 15) is 0 Å². The monoisotopic (exact) mass is 288 g/mol. The quantitative estimate of drug-likeness (QED) is 0.873. The van der Waals surface area contributed by atoms with E-state index in [4.69, 9.17) is 4.74 Å². The molecule has 0 aliphatic heterocycles. The number of aromatic nitrogens is 4. The molecule has 7 nitrogen and oxygen atoms in total. The molecule has 0 radical (unpaired) electrons. The van der Waals surface area contributed by atoms with Crippen molar-refractivity contribution in [3.8, 4) is 11.8 Å². The molecule has 0 saturated carbocycles. The van der Waals surface area contributed by atoms with Crippen LogP contribution in [0, 0.1) is 6.92 Å². The minimum absolute atomic E-state index is 0.253. The molecule has 0 bridgehead atoms. The van der Waals surface area contributed by atoms with Crippen molar-refractivity contribution in [2.75, 3.05) is 30.9 Å². The summed E-state index contributed by atoms with van der Waals surface area (Å²) in [5, 5.41) is 3.15. The molecule has 2 aromatic heterocycles. The zero-order valence-electron chi connectivity index (χ0n) is 12.8. The molecule has 2 heterocycles. The van der Waals surface area contributed by atoms with E-state index in [2.05, 4.69) is 32.2 Å². The van der Waals surface area contributed by atoms with Crippen LogP contribution in [0.5, 0.6) is 11.8 Å². The number of pyridine rings is 1. The summed E-state index contributed by atoms with van der Waals surface area (Å²) in [7, 11) is 3.75. The Kier molecular flexibility index (Phi) is 4.86. The predicted octanol–water partition coefficient (Wildman–Crippen LogP) is 2.26. The summed E-state index contributed by atoms with van der Waals surface area (Å²) in [6, 6.07) is 3.90. The van der Waals surface area contributed by atoms with Gasteiger partial charge in [0.2, 0.25) is 11.9 Å². The van der Waals surface area contributed by atoms with Gasteiger partial charge in [0.1, 0.15) is 0 Å². The van der Waals surface area contributed by atoms with Crippen LogP contribution in [-0.4, -0.2) is 40.6 Å². The second-order valence-corrected chi connectivity index (χ2v) is 4.75. The summed E-state index contributed by atoms with van der Waals surface area (Å²) < 4.78 is 5.73. The Labute approximate surface area is 124 Å². The second kappa shape index (κ2) is 6.83. The molecule has 0 atom stereocenters. The molecule has 2 aromatic rings. The lowest BCUT2D eigenvalue weighted by Gasteiger charge is -2.13. The minimum atomic E-state index is 0.253. The normalized spacial score (nSPS) is 10.3. The van der Waals surface area contributed by atoms with E-state index in [0.29, 0.717) is 17.6 Å². The van der Waals surface area contributed by atoms with Gasteiger partial charge in [-0.15, -0.1) is 0 Å². The number of nitrogens with zero attached hydrogens (tertiary/aromatic N) is 5. The van der Waals surface area contributed by atoms with Crippen molar-refractivity contribution in [1.82, 2.24) is 19.9 Å². The average Bonchev–Trinajstić information content (AvgIpc) is 2.47. The van der Waals surface area contributed by atoms with E-state index in [-0.39, 0.29) is 6.01 Å². The van der Waals surface area contributed by atoms with Gasteiger partial charge in [0.25, 0.3) is 0 Å². The molecule has 0 fully saturated rings. The standard InChI is InChI=1S/C14H20N6O/c1-5-8-16-12-17-13(20(3)4)19-14(18-12)21-11-7-6-9-15-10(11)2/h6-7,9H,5,8H2,1-4H3,(H,16,17,18,19). The van der Waals surface area contributed by atoms with Crippen LogP contribution in [0.25, 0.3) is 0 Å². The van der Waals surface area contributed by atoms with Gasteiger partial charge in [-0.1, -0.05) is 6.92 Å². The van der Waals surface area contributed by atoms with Crippen molar-refractivity contribution in [1.29, 1.82) is 0 Å². The number of anilines is 2. The number of nitrogens with one attached hydrogen (secondary N) is 1. The fraction of sp³-hybridized carbons (Fsp3) is 0.429. The molecule has 21 heavy (non-hydrogen) atoms. The summed E-state index contributed by atoms with van der Waals surface area (Å²) in [6.07, 6.45) is 2.70. The van der Waals surface area contributed by atoms with Crippen LogP contribution in [0.2, 0.25) is 0 Å². The first-order chi connectivity index (χ1) is 10.1. The van der Waals surface area contributed by atoms with Gasteiger partial charge in [-0.3, -0.25) is 4.98 Å². The molecule has 0 amide bonds. The van der Waals surface area contributed by atoms with Crippen molar-refractivity contribution in [2.24, 2.45) is 0 Å². The van der Waals surface area contributed by atoms with Crippen LogP contribution >= 0.6 is 0 Å². The Morgan fingerprint density at radius 1 is 1.24 bits per heavy atom. The summed E-state index contributed by atoms with van der Waals surface area (Å²) in [6.45, 7) is 4.75. The third kappa shape index (κ3) is 4.01. The Morgan fingerprint density at radius 2 is 2.05 bits per heavy atom. The van der Waals surface area contributed by atoms with Crippen molar-refractivity contribution < 1.29 is 4.74 Å². The summed E-state index contributed by atoms with van der Waals surface area (Å²) in [4.78, 5) is 18.9. The van der Waals surface area contributed by atoms with E-state index in [0.717, 1.165) is 18.7 Å². The predicted molar refractivity (Wildman–Crippen MR) is 82.0 cm³/mol. The van der Waals surface area contributed by atoms with Crippen molar-refractivity contribution in [3.05, 3.63) is 24.0 Å². The van der Waals surface area contributed by atoms with E-state index in [1.807, 2.05) is 38.1 Å². The molecule has 7 heteroatoms. The molecule has 0 spiro atoms. The highest BCUT2D eigenvalue weighted by Crippen LogP contribution is 2.22. The van der Waals surface area contributed by atoms with E-state index in [1.54, 1.807) is 6.20 Å². The smallest absolute Gasteiger partial charge is 0.328 e. The van der Waals surface area contributed by atoms with Crippen LogP contribution in [0.15, 0.2) is 18.3 Å². The lowest BCUT2D eigenvalue weighted by molar-refractivity contribution is 0.435. The highest BCUT2D eigenvalue weighted by molar-refractivity contribution is 5.38. The second-order valence-electron chi connectivity index (χ2n) is 4.75. The highest BCUT2D eigenvalue weighted by atomic mass is 16.5. The Balaban J connectivity index is 2.29. The van der Waals surface area contributed by atoms with Crippen LogP contribution in [0.4, 0.5) is 11.9 Å². The lowest BCUT2D eigenvalue weighted by Crippen LogP contribution is -2.16. The van der Waals surface area contributed by atoms with Crippen molar-refractivity contribution >= 4 is 11.9 Å². The number of aryl methyl sites for hydroxylation is 1. The number of rotatable bonds is 6. The maximum absolute atomic E-state index is 5.73.